The number of benzene rings is 2. The summed E-state index contributed by atoms with van der Waals surface area (Å²) in [5, 5.41) is 3.09. The van der Waals surface area contributed by atoms with E-state index in [1.807, 2.05) is 6.92 Å². The zero-order chi connectivity index (χ0) is 12.3. The van der Waals surface area contributed by atoms with Gasteiger partial charge in [-0.25, -0.2) is 8.78 Å². The molecule has 0 aliphatic carbocycles. The minimum absolute atomic E-state index is 0.236. The van der Waals surface area contributed by atoms with Crippen LogP contribution in [0.1, 0.15) is 11.1 Å². The van der Waals surface area contributed by atoms with Crippen molar-refractivity contribution in [3.63, 3.8) is 0 Å². The van der Waals surface area contributed by atoms with Crippen LogP contribution in [0.4, 0.5) is 14.5 Å². The highest BCUT2D eigenvalue weighted by Crippen LogP contribution is 2.17. The van der Waals surface area contributed by atoms with Gasteiger partial charge in [0.1, 0.15) is 11.6 Å². The molecule has 0 aliphatic heterocycles. The Kier molecular flexibility index (Phi) is 3.38. The van der Waals surface area contributed by atoms with Gasteiger partial charge in [-0.3, -0.25) is 0 Å². The maximum atomic E-state index is 13.4. The summed E-state index contributed by atoms with van der Waals surface area (Å²) in [6.45, 7) is 2.20. The lowest BCUT2D eigenvalue weighted by atomic mass is 10.1. The lowest BCUT2D eigenvalue weighted by molar-refractivity contribution is 0.612. The van der Waals surface area contributed by atoms with E-state index < -0.39 is 0 Å². The van der Waals surface area contributed by atoms with Crippen molar-refractivity contribution in [2.24, 2.45) is 0 Å². The summed E-state index contributed by atoms with van der Waals surface area (Å²) in [5.41, 5.74) is 2.22. The molecule has 0 atom stereocenters. The van der Waals surface area contributed by atoms with Gasteiger partial charge in [0, 0.05) is 17.8 Å². The number of hydrogen-bond donors (Lipinski definition) is 1. The molecule has 0 amide bonds. The molecule has 17 heavy (non-hydrogen) atoms. The van der Waals surface area contributed by atoms with Gasteiger partial charge in [0.05, 0.1) is 0 Å². The Bertz CT molecular complexity index is 523. The second-order valence-electron chi connectivity index (χ2n) is 3.90. The van der Waals surface area contributed by atoms with Crippen molar-refractivity contribution in [1.29, 1.82) is 0 Å². The largest absolute Gasteiger partial charge is 0.381 e. The quantitative estimate of drug-likeness (QED) is 0.848. The van der Waals surface area contributed by atoms with Crippen molar-refractivity contribution in [2.45, 2.75) is 13.5 Å². The third-order valence-corrected chi connectivity index (χ3v) is 2.62. The van der Waals surface area contributed by atoms with Crippen molar-refractivity contribution in [1.82, 2.24) is 0 Å². The van der Waals surface area contributed by atoms with Gasteiger partial charge in [-0.1, -0.05) is 18.2 Å². The van der Waals surface area contributed by atoms with Crippen LogP contribution in [0.5, 0.6) is 0 Å². The average molecular weight is 233 g/mol. The number of aryl methyl sites for hydroxylation is 1. The van der Waals surface area contributed by atoms with Gasteiger partial charge in [0.2, 0.25) is 0 Å². The molecule has 0 aliphatic rings. The van der Waals surface area contributed by atoms with E-state index in [2.05, 4.69) is 5.32 Å². The van der Waals surface area contributed by atoms with Crippen LogP contribution in [-0.4, -0.2) is 0 Å². The van der Waals surface area contributed by atoms with Crippen LogP contribution in [0.15, 0.2) is 42.5 Å². The van der Waals surface area contributed by atoms with Gasteiger partial charge in [-0.2, -0.15) is 0 Å². The molecule has 0 saturated heterocycles. The zero-order valence-electron chi connectivity index (χ0n) is 9.50. The standard InChI is InChI=1S/C14H13F2N/c1-10-8-12(15)6-7-14(10)17-9-11-4-2-3-5-13(11)16/h2-8,17H,9H2,1H3. The van der Waals surface area contributed by atoms with Crippen molar-refractivity contribution in [3.8, 4) is 0 Å². The molecule has 0 saturated carbocycles. The van der Waals surface area contributed by atoms with E-state index in [0.717, 1.165) is 11.3 Å². The van der Waals surface area contributed by atoms with Crippen LogP contribution in [0.25, 0.3) is 0 Å². The number of rotatable bonds is 3. The summed E-state index contributed by atoms with van der Waals surface area (Å²) >= 11 is 0. The number of halogens is 2. The number of nitrogens with one attached hydrogen (secondary N) is 1. The summed E-state index contributed by atoms with van der Waals surface area (Å²) < 4.78 is 26.2. The molecule has 0 spiro atoms. The molecule has 0 heterocycles. The number of hydrogen-bond acceptors (Lipinski definition) is 1. The molecule has 0 bridgehead atoms. The minimum atomic E-state index is -0.265. The highest BCUT2D eigenvalue weighted by molar-refractivity contribution is 5.50. The topological polar surface area (TPSA) is 12.0 Å². The molecular formula is C14H13F2N. The molecular weight excluding hydrogens is 220 g/mol. The molecule has 2 rings (SSSR count). The van der Waals surface area contributed by atoms with Gasteiger partial charge in [-0.05, 0) is 36.8 Å². The van der Waals surface area contributed by atoms with E-state index in [0.29, 0.717) is 12.1 Å². The predicted octanol–water partition coefficient (Wildman–Crippen LogP) is 3.89. The van der Waals surface area contributed by atoms with E-state index in [4.69, 9.17) is 0 Å². The monoisotopic (exact) mass is 233 g/mol. The first kappa shape index (κ1) is 11.6. The van der Waals surface area contributed by atoms with E-state index >= 15 is 0 Å². The first-order valence-corrected chi connectivity index (χ1v) is 5.40. The maximum Gasteiger partial charge on any atom is 0.128 e. The SMILES string of the molecule is Cc1cc(F)ccc1NCc1ccccc1F. The van der Waals surface area contributed by atoms with Gasteiger partial charge in [0.25, 0.3) is 0 Å². The van der Waals surface area contributed by atoms with Crippen molar-refractivity contribution < 1.29 is 8.78 Å². The van der Waals surface area contributed by atoms with Crippen LogP contribution in [0.3, 0.4) is 0 Å². The van der Waals surface area contributed by atoms with Gasteiger partial charge < -0.3 is 5.32 Å². The van der Waals surface area contributed by atoms with E-state index in [9.17, 15) is 8.78 Å². The van der Waals surface area contributed by atoms with Crippen LogP contribution >= 0.6 is 0 Å². The van der Waals surface area contributed by atoms with Crippen molar-refractivity contribution >= 4 is 5.69 Å². The van der Waals surface area contributed by atoms with Gasteiger partial charge in [-0.15, -0.1) is 0 Å². The summed E-state index contributed by atoms with van der Waals surface area (Å²) in [6, 6.07) is 11.1. The predicted molar refractivity (Wildman–Crippen MR) is 64.9 cm³/mol. The fourth-order valence-electron chi connectivity index (χ4n) is 1.66. The van der Waals surface area contributed by atoms with E-state index in [1.54, 1.807) is 24.3 Å². The average Bonchev–Trinajstić information content (AvgIpc) is 2.30. The van der Waals surface area contributed by atoms with Crippen molar-refractivity contribution in [2.75, 3.05) is 5.32 Å². The zero-order valence-corrected chi connectivity index (χ0v) is 9.50. The second-order valence-corrected chi connectivity index (χ2v) is 3.90. The Morgan fingerprint density at radius 3 is 2.53 bits per heavy atom. The molecule has 1 nitrogen and oxygen atoms in total. The van der Waals surface area contributed by atoms with Crippen LogP contribution < -0.4 is 5.32 Å². The Labute approximate surface area is 99.1 Å². The molecule has 0 unspecified atom stereocenters. The lowest BCUT2D eigenvalue weighted by Gasteiger charge is -2.10. The molecule has 0 aromatic heterocycles. The summed E-state index contributed by atoms with van der Waals surface area (Å²) in [4.78, 5) is 0. The Balaban J connectivity index is 2.10. The highest BCUT2D eigenvalue weighted by atomic mass is 19.1. The Morgan fingerprint density at radius 2 is 1.82 bits per heavy atom. The van der Waals surface area contributed by atoms with Crippen LogP contribution in [0, 0.1) is 18.6 Å². The normalized spacial score (nSPS) is 10.3. The lowest BCUT2D eigenvalue weighted by Crippen LogP contribution is -2.03. The first-order chi connectivity index (χ1) is 8.16. The summed E-state index contributed by atoms with van der Waals surface area (Å²) in [6.07, 6.45) is 0. The minimum Gasteiger partial charge on any atom is -0.381 e. The van der Waals surface area contributed by atoms with Crippen molar-refractivity contribution in [3.05, 3.63) is 65.2 Å². The Hall–Kier alpha value is -1.90. The number of anilines is 1. The highest BCUT2D eigenvalue weighted by Gasteiger charge is 2.02. The smallest absolute Gasteiger partial charge is 0.128 e. The first-order valence-electron chi connectivity index (χ1n) is 5.40. The fraction of sp³-hybridized carbons (Fsp3) is 0.143. The summed E-state index contributed by atoms with van der Waals surface area (Å²) in [5.74, 6) is -0.501. The van der Waals surface area contributed by atoms with E-state index in [-0.39, 0.29) is 11.6 Å². The Morgan fingerprint density at radius 1 is 1.06 bits per heavy atom. The molecule has 0 radical (unpaired) electrons. The van der Waals surface area contributed by atoms with Gasteiger partial charge in [0.15, 0.2) is 0 Å². The maximum absolute atomic E-state index is 13.4. The summed E-state index contributed by atoms with van der Waals surface area (Å²) in [7, 11) is 0. The third-order valence-electron chi connectivity index (χ3n) is 2.62. The molecule has 0 fully saturated rings. The third kappa shape index (κ3) is 2.81. The van der Waals surface area contributed by atoms with Gasteiger partial charge >= 0.3 is 0 Å². The molecule has 1 N–H and O–H groups in total. The molecule has 2 aromatic rings. The fourth-order valence-corrected chi connectivity index (χ4v) is 1.66. The molecule has 88 valence electrons. The van der Waals surface area contributed by atoms with E-state index in [1.165, 1.54) is 18.2 Å². The van der Waals surface area contributed by atoms with Crippen LogP contribution in [-0.2, 0) is 6.54 Å². The second kappa shape index (κ2) is 4.95. The molecule has 2 aromatic carbocycles. The van der Waals surface area contributed by atoms with Crippen LogP contribution in [0.2, 0.25) is 0 Å². The molecule has 3 heteroatoms.